The Morgan fingerprint density at radius 2 is 1.89 bits per heavy atom. The van der Waals surface area contributed by atoms with Crippen LogP contribution in [0.5, 0.6) is 0 Å². The molecule has 0 aromatic carbocycles. The van der Waals surface area contributed by atoms with Crippen molar-refractivity contribution in [3.8, 4) is 6.07 Å². The maximum absolute atomic E-state index is 9.22. The molecule has 0 spiro atoms. The molecule has 0 bridgehead atoms. The summed E-state index contributed by atoms with van der Waals surface area (Å²) in [5, 5.41) is 9.22. The summed E-state index contributed by atoms with van der Waals surface area (Å²) in [5.41, 5.74) is 9.16. The average Bonchev–Trinajstić information content (AvgIpc) is 2.91. The first-order valence-electron chi connectivity index (χ1n) is 6.95. The van der Waals surface area contributed by atoms with Gasteiger partial charge in [0.2, 0.25) is 0 Å². The van der Waals surface area contributed by atoms with Gasteiger partial charge in [-0.1, -0.05) is 12.8 Å². The van der Waals surface area contributed by atoms with Crippen LogP contribution in [0.15, 0.2) is 0 Å². The van der Waals surface area contributed by atoms with E-state index in [1.54, 1.807) is 0 Å². The summed E-state index contributed by atoms with van der Waals surface area (Å²) in [5.74, 6) is 0.630. The molecule has 1 fully saturated rings. The monoisotopic (exact) mass is 260 g/mol. The Labute approximate surface area is 115 Å². The lowest BCUT2D eigenvalue weighted by Crippen LogP contribution is -2.45. The van der Waals surface area contributed by atoms with Crippen molar-refractivity contribution < 1.29 is 0 Å². The van der Waals surface area contributed by atoms with E-state index in [4.69, 9.17) is 5.73 Å². The fourth-order valence-corrected chi connectivity index (χ4v) is 3.31. The van der Waals surface area contributed by atoms with E-state index in [0.717, 1.165) is 17.8 Å². The highest BCUT2D eigenvalue weighted by Gasteiger charge is 2.37. The molecule has 4 heteroatoms. The first-order chi connectivity index (χ1) is 8.93. The maximum atomic E-state index is 9.22. The lowest BCUT2D eigenvalue weighted by Gasteiger charge is -2.37. The fraction of sp³-hybridized carbons (Fsp3) is 0.667. The number of nitrogens with two attached hydrogens (primary N) is 1. The standard InChI is InChI=1S/C15H24N4/c1-11-12(2)19(14(17)13(11)9-16)10-15(18(3)4)7-5-6-8-15/h5-8,10,17H2,1-4H3. The summed E-state index contributed by atoms with van der Waals surface area (Å²) in [6.07, 6.45) is 4.97. The molecule has 2 rings (SSSR count). The van der Waals surface area contributed by atoms with Crippen LogP contribution in [0.1, 0.15) is 42.5 Å². The average molecular weight is 260 g/mol. The van der Waals surface area contributed by atoms with E-state index >= 15 is 0 Å². The van der Waals surface area contributed by atoms with Crippen molar-refractivity contribution in [1.82, 2.24) is 9.47 Å². The van der Waals surface area contributed by atoms with Gasteiger partial charge in [-0.2, -0.15) is 5.26 Å². The Morgan fingerprint density at radius 3 is 2.32 bits per heavy atom. The minimum Gasteiger partial charge on any atom is -0.384 e. The van der Waals surface area contributed by atoms with Crippen LogP contribution in [0, 0.1) is 25.2 Å². The topological polar surface area (TPSA) is 58.0 Å². The molecule has 2 N–H and O–H groups in total. The van der Waals surface area contributed by atoms with Crippen LogP contribution >= 0.6 is 0 Å². The van der Waals surface area contributed by atoms with Gasteiger partial charge in [-0.15, -0.1) is 0 Å². The van der Waals surface area contributed by atoms with E-state index in [0.29, 0.717) is 11.4 Å². The predicted molar refractivity (Wildman–Crippen MR) is 77.9 cm³/mol. The van der Waals surface area contributed by atoms with E-state index in [1.165, 1.54) is 25.7 Å². The van der Waals surface area contributed by atoms with E-state index in [-0.39, 0.29) is 5.54 Å². The number of hydrogen-bond donors (Lipinski definition) is 1. The summed E-state index contributed by atoms with van der Waals surface area (Å²) in [6.45, 7) is 4.93. The van der Waals surface area contributed by atoms with Gasteiger partial charge in [-0.25, -0.2) is 0 Å². The molecule has 1 aromatic rings. The molecule has 1 aliphatic carbocycles. The van der Waals surface area contributed by atoms with Gasteiger partial charge >= 0.3 is 0 Å². The number of likely N-dealkylation sites (N-methyl/N-ethyl adjacent to an activating group) is 1. The molecule has 1 aliphatic rings. The molecule has 104 valence electrons. The van der Waals surface area contributed by atoms with Gasteiger partial charge in [-0.05, 0) is 46.3 Å². The van der Waals surface area contributed by atoms with E-state index in [9.17, 15) is 5.26 Å². The van der Waals surface area contributed by atoms with Crippen LogP contribution in [0.3, 0.4) is 0 Å². The molecule has 0 amide bonds. The first kappa shape index (κ1) is 14.0. The van der Waals surface area contributed by atoms with Crippen LogP contribution < -0.4 is 5.73 Å². The van der Waals surface area contributed by atoms with Crippen LogP contribution in [0.25, 0.3) is 0 Å². The largest absolute Gasteiger partial charge is 0.384 e. The normalized spacial score (nSPS) is 17.9. The molecule has 4 nitrogen and oxygen atoms in total. The lowest BCUT2D eigenvalue weighted by atomic mass is 9.96. The van der Waals surface area contributed by atoms with Gasteiger partial charge in [0.25, 0.3) is 0 Å². The third kappa shape index (κ3) is 2.12. The van der Waals surface area contributed by atoms with Crippen molar-refractivity contribution >= 4 is 5.82 Å². The van der Waals surface area contributed by atoms with E-state index in [1.807, 2.05) is 6.92 Å². The van der Waals surface area contributed by atoms with Crippen molar-refractivity contribution in [2.75, 3.05) is 19.8 Å². The Morgan fingerprint density at radius 1 is 1.32 bits per heavy atom. The van der Waals surface area contributed by atoms with Gasteiger partial charge in [0.1, 0.15) is 11.9 Å². The van der Waals surface area contributed by atoms with E-state index in [2.05, 4.69) is 36.6 Å². The second-order valence-electron chi connectivity index (χ2n) is 5.99. The number of nitrogens with zero attached hydrogens (tertiary/aromatic N) is 3. The maximum Gasteiger partial charge on any atom is 0.122 e. The summed E-state index contributed by atoms with van der Waals surface area (Å²) < 4.78 is 2.14. The van der Waals surface area contributed by atoms with Gasteiger partial charge in [0.05, 0.1) is 5.56 Å². The second-order valence-corrected chi connectivity index (χ2v) is 5.99. The van der Waals surface area contributed by atoms with Gasteiger partial charge < -0.3 is 15.2 Å². The highest BCUT2D eigenvalue weighted by molar-refractivity contribution is 5.57. The number of hydrogen-bond acceptors (Lipinski definition) is 3. The fourth-order valence-electron chi connectivity index (χ4n) is 3.31. The zero-order chi connectivity index (χ0) is 14.2. The second kappa shape index (κ2) is 4.90. The molecule has 0 atom stereocenters. The minimum atomic E-state index is 0.192. The van der Waals surface area contributed by atoms with Crippen LogP contribution in [0.4, 0.5) is 5.82 Å². The predicted octanol–water partition coefficient (Wildman–Crippen LogP) is 2.43. The molecular formula is C15H24N4. The van der Waals surface area contributed by atoms with Crippen LogP contribution in [-0.4, -0.2) is 29.1 Å². The molecule has 0 aliphatic heterocycles. The van der Waals surface area contributed by atoms with Gasteiger partial charge in [0, 0.05) is 17.8 Å². The number of anilines is 1. The first-order valence-corrected chi connectivity index (χ1v) is 6.95. The van der Waals surface area contributed by atoms with Crippen LogP contribution in [-0.2, 0) is 6.54 Å². The Balaban J connectivity index is 2.41. The summed E-state index contributed by atoms with van der Waals surface area (Å²) >= 11 is 0. The molecule has 19 heavy (non-hydrogen) atoms. The number of aromatic nitrogens is 1. The van der Waals surface area contributed by atoms with Crippen molar-refractivity contribution in [3.63, 3.8) is 0 Å². The summed E-state index contributed by atoms with van der Waals surface area (Å²) in [7, 11) is 4.30. The molecule has 1 saturated carbocycles. The Hall–Kier alpha value is -1.47. The van der Waals surface area contributed by atoms with Crippen LogP contribution in [0.2, 0.25) is 0 Å². The zero-order valence-electron chi connectivity index (χ0n) is 12.5. The number of nitrogen functional groups attached to an aromatic ring is 1. The van der Waals surface area contributed by atoms with Gasteiger partial charge in [-0.3, -0.25) is 0 Å². The highest BCUT2D eigenvalue weighted by atomic mass is 15.2. The SMILES string of the molecule is Cc1c(C#N)c(N)n(CC2(N(C)C)CCCC2)c1C. The van der Waals surface area contributed by atoms with Crippen molar-refractivity contribution in [2.24, 2.45) is 0 Å². The molecule has 1 aromatic heterocycles. The molecular weight excluding hydrogens is 236 g/mol. The molecule has 1 heterocycles. The van der Waals surface area contributed by atoms with Crippen molar-refractivity contribution in [2.45, 2.75) is 51.6 Å². The van der Waals surface area contributed by atoms with Gasteiger partial charge in [0.15, 0.2) is 0 Å². The van der Waals surface area contributed by atoms with Crippen molar-refractivity contribution in [1.29, 1.82) is 5.26 Å². The van der Waals surface area contributed by atoms with Crippen molar-refractivity contribution in [3.05, 3.63) is 16.8 Å². The molecule has 0 saturated heterocycles. The smallest absolute Gasteiger partial charge is 0.122 e. The summed E-state index contributed by atoms with van der Waals surface area (Å²) in [4.78, 5) is 2.33. The van der Waals surface area contributed by atoms with E-state index < -0.39 is 0 Å². The Kier molecular flexibility index (Phi) is 3.60. The summed E-state index contributed by atoms with van der Waals surface area (Å²) in [6, 6.07) is 2.23. The zero-order valence-corrected chi connectivity index (χ0v) is 12.5. The number of rotatable bonds is 3. The molecule has 0 unspecified atom stereocenters. The Bertz CT molecular complexity index is 513. The molecule has 0 radical (unpaired) electrons. The highest BCUT2D eigenvalue weighted by Crippen LogP contribution is 2.37. The lowest BCUT2D eigenvalue weighted by molar-refractivity contribution is 0.134. The quantitative estimate of drug-likeness (QED) is 0.908. The minimum absolute atomic E-state index is 0.192. The number of nitriles is 1. The third-order valence-corrected chi connectivity index (χ3v) is 4.92. The third-order valence-electron chi connectivity index (χ3n) is 4.92.